The SMILES string of the molecule is COc1ccc(C(CN(C)C(=O)Cc2cc(C)ccc2OC)N2CCOCC2)cc1. The Kier molecular flexibility index (Phi) is 7.71. The molecular formula is C24H32N2O4. The van der Waals surface area contributed by atoms with Crippen LogP contribution in [0, 0.1) is 6.92 Å². The zero-order chi connectivity index (χ0) is 21.5. The Hall–Kier alpha value is -2.57. The van der Waals surface area contributed by atoms with Crippen molar-refractivity contribution in [2.75, 3.05) is 54.1 Å². The van der Waals surface area contributed by atoms with Crippen LogP contribution in [0.3, 0.4) is 0 Å². The van der Waals surface area contributed by atoms with Crippen LogP contribution in [-0.2, 0) is 16.0 Å². The van der Waals surface area contributed by atoms with E-state index < -0.39 is 0 Å². The average molecular weight is 413 g/mol. The number of methoxy groups -OCH3 is 2. The van der Waals surface area contributed by atoms with Crippen LogP contribution in [-0.4, -0.2) is 69.8 Å². The molecule has 6 heteroatoms. The van der Waals surface area contributed by atoms with Gasteiger partial charge in [-0.3, -0.25) is 9.69 Å². The molecule has 0 bridgehead atoms. The highest BCUT2D eigenvalue weighted by molar-refractivity contribution is 5.79. The van der Waals surface area contributed by atoms with E-state index in [1.165, 1.54) is 5.56 Å². The van der Waals surface area contributed by atoms with Gasteiger partial charge in [-0.2, -0.15) is 0 Å². The second kappa shape index (κ2) is 10.5. The molecule has 1 aliphatic rings. The van der Waals surface area contributed by atoms with E-state index in [1.54, 1.807) is 14.2 Å². The van der Waals surface area contributed by atoms with Crippen molar-refractivity contribution in [1.29, 1.82) is 0 Å². The Balaban J connectivity index is 1.75. The topological polar surface area (TPSA) is 51.2 Å². The van der Waals surface area contributed by atoms with Gasteiger partial charge in [0.15, 0.2) is 0 Å². The van der Waals surface area contributed by atoms with Gasteiger partial charge < -0.3 is 19.1 Å². The zero-order valence-corrected chi connectivity index (χ0v) is 18.4. The van der Waals surface area contributed by atoms with Crippen molar-refractivity contribution in [2.45, 2.75) is 19.4 Å². The van der Waals surface area contributed by atoms with Crippen LogP contribution < -0.4 is 9.47 Å². The maximum absolute atomic E-state index is 13.0. The van der Waals surface area contributed by atoms with Gasteiger partial charge in [-0.15, -0.1) is 0 Å². The summed E-state index contributed by atoms with van der Waals surface area (Å²) in [5, 5.41) is 0. The number of morpholine rings is 1. The van der Waals surface area contributed by atoms with E-state index in [0.29, 0.717) is 26.2 Å². The van der Waals surface area contributed by atoms with Gasteiger partial charge in [0.2, 0.25) is 5.91 Å². The molecule has 1 aliphatic heterocycles. The number of ether oxygens (including phenoxy) is 3. The maximum Gasteiger partial charge on any atom is 0.226 e. The first kappa shape index (κ1) is 22.1. The van der Waals surface area contributed by atoms with E-state index in [-0.39, 0.29) is 11.9 Å². The predicted octanol–water partition coefficient (Wildman–Crippen LogP) is 3.09. The highest BCUT2D eigenvalue weighted by Crippen LogP contribution is 2.26. The molecule has 6 nitrogen and oxygen atoms in total. The minimum absolute atomic E-state index is 0.0747. The monoisotopic (exact) mass is 412 g/mol. The summed E-state index contributed by atoms with van der Waals surface area (Å²) in [6.45, 7) is 5.76. The molecule has 1 heterocycles. The van der Waals surface area contributed by atoms with Gasteiger partial charge in [0.25, 0.3) is 0 Å². The number of nitrogens with zero attached hydrogens (tertiary/aromatic N) is 2. The van der Waals surface area contributed by atoms with E-state index in [9.17, 15) is 4.79 Å². The van der Waals surface area contributed by atoms with Gasteiger partial charge in [0.1, 0.15) is 11.5 Å². The molecule has 162 valence electrons. The second-order valence-electron chi connectivity index (χ2n) is 7.70. The standard InChI is InChI=1S/C24H32N2O4/c1-18-5-10-23(29-4)20(15-18)16-24(27)25(2)17-22(26-11-13-30-14-12-26)19-6-8-21(28-3)9-7-19/h5-10,15,22H,11-14,16-17H2,1-4H3. The Morgan fingerprint density at radius 2 is 1.80 bits per heavy atom. The molecular weight excluding hydrogens is 380 g/mol. The average Bonchev–Trinajstić information content (AvgIpc) is 2.78. The van der Waals surface area contributed by atoms with Crippen LogP contribution in [0.1, 0.15) is 22.7 Å². The molecule has 0 N–H and O–H groups in total. The minimum Gasteiger partial charge on any atom is -0.497 e. The van der Waals surface area contributed by atoms with Gasteiger partial charge in [-0.25, -0.2) is 0 Å². The third kappa shape index (κ3) is 5.52. The van der Waals surface area contributed by atoms with E-state index >= 15 is 0 Å². The lowest BCUT2D eigenvalue weighted by atomic mass is 10.0. The normalized spacial score (nSPS) is 15.5. The van der Waals surface area contributed by atoms with E-state index in [2.05, 4.69) is 17.0 Å². The Morgan fingerprint density at radius 1 is 1.10 bits per heavy atom. The van der Waals surface area contributed by atoms with Crippen molar-refractivity contribution in [3.8, 4) is 11.5 Å². The largest absolute Gasteiger partial charge is 0.497 e. The van der Waals surface area contributed by atoms with Crippen LogP contribution in [0.4, 0.5) is 0 Å². The molecule has 1 amide bonds. The fourth-order valence-corrected chi connectivity index (χ4v) is 3.85. The summed E-state index contributed by atoms with van der Waals surface area (Å²) in [4.78, 5) is 17.3. The quantitative estimate of drug-likeness (QED) is 0.667. The van der Waals surface area contributed by atoms with Crippen molar-refractivity contribution < 1.29 is 19.0 Å². The van der Waals surface area contributed by atoms with Crippen molar-refractivity contribution in [3.05, 3.63) is 59.2 Å². The van der Waals surface area contributed by atoms with Gasteiger partial charge in [0.05, 0.1) is 39.9 Å². The summed E-state index contributed by atoms with van der Waals surface area (Å²) < 4.78 is 16.3. The molecule has 0 saturated carbocycles. The van der Waals surface area contributed by atoms with Crippen molar-refractivity contribution >= 4 is 5.91 Å². The zero-order valence-electron chi connectivity index (χ0n) is 18.4. The summed E-state index contributed by atoms with van der Waals surface area (Å²) in [6, 6.07) is 14.2. The number of carbonyl (C=O) groups excluding carboxylic acids is 1. The van der Waals surface area contributed by atoms with Crippen LogP contribution in [0.5, 0.6) is 11.5 Å². The smallest absolute Gasteiger partial charge is 0.226 e. The number of hydrogen-bond donors (Lipinski definition) is 0. The lowest BCUT2D eigenvalue weighted by Gasteiger charge is -2.37. The lowest BCUT2D eigenvalue weighted by molar-refractivity contribution is -0.130. The first-order chi connectivity index (χ1) is 14.5. The molecule has 0 radical (unpaired) electrons. The molecule has 1 saturated heterocycles. The van der Waals surface area contributed by atoms with Gasteiger partial charge in [-0.05, 0) is 30.7 Å². The van der Waals surface area contributed by atoms with Crippen molar-refractivity contribution in [1.82, 2.24) is 9.80 Å². The highest BCUT2D eigenvalue weighted by Gasteiger charge is 2.26. The number of hydrogen-bond acceptors (Lipinski definition) is 5. The number of benzene rings is 2. The third-order valence-corrected chi connectivity index (χ3v) is 5.64. The molecule has 2 aromatic carbocycles. The third-order valence-electron chi connectivity index (χ3n) is 5.64. The molecule has 0 aliphatic carbocycles. The fraction of sp³-hybridized carbons (Fsp3) is 0.458. The van der Waals surface area contributed by atoms with Crippen LogP contribution in [0.25, 0.3) is 0 Å². The van der Waals surface area contributed by atoms with Crippen LogP contribution in [0.2, 0.25) is 0 Å². The molecule has 1 fully saturated rings. The van der Waals surface area contributed by atoms with Crippen molar-refractivity contribution in [3.63, 3.8) is 0 Å². The van der Waals surface area contributed by atoms with Gasteiger partial charge in [-0.1, -0.05) is 29.8 Å². The van der Waals surface area contributed by atoms with Gasteiger partial charge >= 0.3 is 0 Å². The Morgan fingerprint density at radius 3 is 2.43 bits per heavy atom. The number of amides is 1. The first-order valence-electron chi connectivity index (χ1n) is 10.3. The number of likely N-dealkylation sites (N-methyl/N-ethyl adjacent to an activating group) is 1. The van der Waals surface area contributed by atoms with E-state index in [4.69, 9.17) is 14.2 Å². The lowest BCUT2D eigenvalue weighted by Crippen LogP contribution is -2.44. The number of aryl methyl sites for hydroxylation is 1. The molecule has 1 atom stereocenters. The second-order valence-corrected chi connectivity index (χ2v) is 7.70. The molecule has 1 unspecified atom stereocenters. The molecule has 0 spiro atoms. The molecule has 2 aromatic rings. The van der Waals surface area contributed by atoms with E-state index in [1.807, 2.05) is 49.2 Å². The molecule has 30 heavy (non-hydrogen) atoms. The summed E-state index contributed by atoms with van der Waals surface area (Å²) in [6.07, 6.45) is 0.319. The summed E-state index contributed by atoms with van der Waals surface area (Å²) in [7, 11) is 5.18. The van der Waals surface area contributed by atoms with Gasteiger partial charge in [0, 0.05) is 32.2 Å². The highest BCUT2D eigenvalue weighted by atomic mass is 16.5. The van der Waals surface area contributed by atoms with E-state index in [0.717, 1.165) is 35.7 Å². The maximum atomic E-state index is 13.0. The predicted molar refractivity (Wildman–Crippen MR) is 117 cm³/mol. The van der Waals surface area contributed by atoms with Crippen molar-refractivity contribution in [2.24, 2.45) is 0 Å². The Labute approximate surface area is 179 Å². The number of rotatable bonds is 8. The first-order valence-corrected chi connectivity index (χ1v) is 10.3. The summed E-state index contributed by atoms with van der Waals surface area (Å²) in [5.41, 5.74) is 3.21. The summed E-state index contributed by atoms with van der Waals surface area (Å²) >= 11 is 0. The summed E-state index contributed by atoms with van der Waals surface area (Å²) in [5.74, 6) is 1.66. The van der Waals surface area contributed by atoms with Crippen LogP contribution in [0.15, 0.2) is 42.5 Å². The molecule has 3 rings (SSSR count). The Bertz CT molecular complexity index is 832. The number of carbonyl (C=O) groups is 1. The molecule has 0 aromatic heterocycles. The van der Waals surface area contributed by atoms with Crippen LogP contribution >= 0.6 is 0 Å². The minimum atomic E-state index is 0.0747. The fourth-order valence-electron chi connectivity index (χ4n) is 3.85.